The Kier molecular flexibility index (Phi) is 8.49. The molecule has 4 aliphatic rings. The first-order valence-electron chi connectivity index (χ1n) is 24.5. The van der Waals surface area contributed by atoms with Crippen LogP contribution in [0.5, 0.6) is 23.0 Å². The average molecular weight is 906 g/mol. The summed E-state index contributed by atoms with van der Waals surface area (Å²) in [6.45, 7) is 0. The Morgan fingerprint density at radius 2 is 0.662 bits per heavy atom. The van der Waals surface area contributed by atoms with Gasteiger partial charge in [-0.15, -0.1) is 0 Å². The number of anilines is 3. The molecule has 0 saturated carbocycles. The lowest BCUT2D eigenvalue weighted by Crippen LogP contribution is -2.32. The van der Waals surface area contributed by atoms with E-state index in [4.69, 9.17) is 9.47 Å². The third-order valence-electron chi connectivity index (χ3n) is 15.6. The van der Waals surface area contributed by atoms with Gasteiger partial charge in [0.25, 0.3) is 0 Å². The molecule has 2 spiro atoms. The summed E-state index contributed by atoms with van der Waals surface area (Å²) in [6.07, 6.45) is 0. The van der Waals surface area contributed by atoms with Crippen molar-refractivity contribution in [2.24, 2.45) is 0 Å². The molecule has 0 fully saturated rings. The Morgan fingerprint density at radius 1 is 0.254 bits per heavy atom. The van der Waals surface area contributed by atoms with Crippen LogP contribution in [-0.2, 0) is 10.8 Å². The number of nitrogens with zero attached hydrogens (tertiary/aromatic N) is 1. The zero-order chi connectivity index (χ0) is 46.7. The van der Waals surface area contributed by atoms with Crippen molar-refractivity contribution in [2.75, 3.05) is 4.90 Å². The van der Waals surface area contributed by atoms with Gasteiger partial charge in [-0.25, -0.2) is 0 Å². The fraction of sp³-hybridized carbons (Fsp3) is 0.0294. The molecule has 2 aliphatic heterocycles. The topological polar surface area (TPSA) is 21.7 Å². The van der Waals surface area contributed by atoms with Crippen LogP contribution in [0.25, 0.3) is 44.5 Å². The number of hydrogen-bond donors (Lipinski definition) is 0. The molecule has 3 nitrogen and oxygen atoms in total. The number of benzene rings is 11. The summed E-state index contributed by atoms with van der Waals surface area (Å²) in [5, 5.41) is 0. The normalized spacial score (nSPS) is 14.1. The van der Waals surface area contributed by atoms with Crippen LogP contribution in [0.2, 0.25) is 0 Å². The molecule has 0 saturated heterocycles. The van der Waals surface area contributed by atoms with Gasteiger partial charge < -0.3 is 14.4 Å². The van der Waals surface area contributed by atoms with E-state index >= 15 is 0 Å². The van der Waals surface area contributed by atoms with Crippen molar-refractivity contribution in [3.63, 3.8) is 0 Å². The first-order chi connectivity index (χ1) is 35.2. The zero-order valence-electron chi connectivity index (χ0n) is 38.6. The van der Waals surface area contributed by atoms with Crippen LogP contribution in [0, 0.1) is 0 Å². The molecule has 3 heteroatoms. The average Bonchev–Trinajstić information content (AvgIpc) is 3.90. The summed E-state index contributed by atoms with van der Waals surface area (Å²) in [5.41, 5.74) is 21.2. The molecule has 0 atom stereocenters. The number of para-hydroxylation sites is 4. The molecule has 71 heavy (non-hydrogen) atoms. The van der Waals surface area contributed by atoms with Gasteiger partial charge in [-0.1, -0.05) is 200 Å². The first kappa shape index (κ1) is 39.8. The van der Waals surface area contributed by atoms with Gasteiger partial charge in [0.05, 0.1) is 16.5 Å². The number of ether oxygens (including phenoxy) is 2. The maximum atomic E-state index is 6.74. The molecule has 15 rings (SSSR count). The quantitative estimate of drug-likeness (QED) is 0.172. The lowest BCUT2D eigenvalue weighted by molar-refractivity contribution is 0.436. The second-order valence-corrected chi connectivity index (χ2v) is 19.0. The maximum absolute atomic E-state index is 6.74. The monoisotopic (exact) mass is 905 g/mol. The maximum Gasteiger partial charge on any atom is 0.132 e. The van der Waals surface area contributed by atoms with Crippen LogP contribution >= 0.6 is 0 Å². The standard InChI is InChI=1S/C68H43NO2/c1-2-18-44(19-3-1)46-20-16-21-47(42-46)45-36-38-48(39-37-45)69(49-40-41-55-52(43-49)50-22-4-6-24-53(50)67(55)56-26-8-12-32-62(56)70-63-33-13-9-27-57(63)67)61-31-17-30-60-66(61)51-23-5-7-25-54(51)68(60)58-28-10-14-34-64(58)71-65-35-15-11-29-59(65)68/h1-43H. The van der Waals surface area contributed by atoms with E-state index in [-0.39, 0.29) is 0 Å². The van der Waals surface area contributed by atoms with Gasteiger partial charge in [0.15, 0.2) is 0 Å². The second kappa shape index (κ2) is 15.2. The van der Waals surface area contributed by atoms with Crippen molar-refractivity contribution in [1.29, 1.82) is 0 Å². The minimum atomic E-state index is -0.611. The smallest absolute Gasteiger partial charge is 0.132 e. The van der Waals surface area contributed by atoms with Crippen LogP contribution < -0.4 is 14.4 Å². The zero-order valence-corrected chi connectivity index (χ0v) is 38.6. The molecule has 2 aliphatic carbocycles. The van der Waals surface area contributed by atoms with E-state index < -0.39 is 10.8 Å². The predicted octanol–water partition coefficient (Wildman–Crippen LogP) is 17.4. The van der Waals surface area contributed by atoms with Crippen LogP contribution in [0.1, 0.15) is 44.5 Å². The Labute approximate surface area is 413 Å². The lowest BCUT2D eigenvalue weighted by Gasteiger charge is -2.39. The van der Waals surface area contributed by atoms with E-state index in [0.29, 0.717) is 0 Å². The number of rotatable bonds is 5. The van der Waals surface area contributed by atoms with Gasteiger partial charge in [0, 0.05) is 39.2 Å². The van der Waals surface area contributed by atoms with Gasteiger partial charge in [-0.3, -0.25) is 0 Å². The first-order valence-corrected chi connectivity index (χ1v) is 24.5. The van der Waals surface area contributed by atoms with Crippen molar-refractivity contribution in [3.05, 3.63) is 305 Å². The lowest BCUT2D eigenvalue weighted by atomic mass is 9.66. The Morgan fingerprint density at radius 3 is 1.25 bits per heavy atom. The van der Waals surface area contributed by atoms with Gasteiger partial charge in [-0.05, 0) is 122 Å². The van der Waals surface area contributed by atoms with E-state index in [0.717, 1.165) is 67.9 Å². The van der Waals surface area contributed by atoms with Crippen molar-refractivity contribution in [3.8, 4) is 67.5 Å². The molecule has 11 aromatic carbocycles. The molecule has 0 aromatic heterocycles. The van der Waals surface area contributed by atoms with E-state index in [1.807, 2.05) is 0 Å². The van der Waals surface area contributed by atoms with Crippen molar-refractivity contribution < 1.29 is 9.47 Å². The minimum Gasteiger partial charge on any atom is -0.457 e. The molecular weight excluding hydrogens is 863 g/mol. The number of hydrogen-bond acceptors (Lipinski definition) is 3. The Bertz CT molecular complexity index is 3870. The highest BCUT2D eigenvalue weighted by Crippen LogP contribution is 2.66. The molecule has 11 aromatic rings. The molecule has 2 heterocycles. The third kappa shape index (κ3) is 5.49. The fourth-order valence-corrected chi connectivity index (χ4v) is 12.8. The molecule has 0 radical (unpaired) electrons. The van der Waals surface area contributed by atoms with Crippen LogP contribution in [-0.4, -0.2) is 0 Å². The summed E-state index contributed by atoms with van der Waals surface area (Å²) in [4.78, 5) is 2.50. The van der Waals surface area contributed by atoms with E-state index in [1.54, 1.807) is 0 Å². The molecule has 332 valence electrons. The Hall–Kier alpha value is -9.18. The van der Waals surface area contributed by atoms with Gasteiger partial charge in [0.2, 0.25) is 0 Å². The van der Waals surface area contributed by atoms with Crippen LogP contribution in [0.3, 0.4) is 0 Å². The largest absolute Gasteiger partial charge is 0.457 e. The summed E-state index contributed by atoms with van der Waals surface area (Å²) >= 11 is 0. The van der Waals surface area contributed by atoms with Gasteiger partial charge in [-0.2, -0.15) is 0 Å². The Balaban J connectivity index is 0.980. The van der Waals surface area contributed by atoms with E-state index in [9.17, 15) is 0 Å². The van der Waals surface area contributed by atoms with Crippen molar-refractivity contribution in [1.82, 2.24) is 0 Å². The highest BCUT2D eigenvalue weighted by atomic mass is 16.5. The highest BCUT2D eigenvalue weighted by Gasteiger charge is 2.53. The minimum absolute atomic E-state index is 0.570. The predicted molar refractivity (Wildman–Crippen MR) is 287 cm³/mol. The molecular formula is C68H43NO2. The molecule has 0 N–H and O–H groups in total. The summed E-state index contributed by atoms with van der Waals surface area (Å²) < 4.78 is 13.4. The summed E-state index contributed by atoms with van der Waals surface area (Å²) in [5.74, 6) is 3.53. The van der Waals surface area contributed by atoms with Crippen molar-refractivity contribution in [2.45, 2.75) is 10.8 Å². The molecule has 0 bridgehead atoms. The SMILES string of the molecule is c1ccc(-c2cccc(-c3ccc(N(c4ccc5c(c4)-c4ccccc4C54c5ccccc5Oc5ccccc54)c4cccc5c4-c4ccccc4C54c5ccccc5Oc5ccccc54)cc3)c2)cc1. The van der Waals surface area contributed by atoms with Gasteiger partial charge >= 0.3 is 0 Å². The molecule has 0 unspecified atom stereocenters. The van der Waals surface area contributed by atoms with E-state index in [2.05, 4.69) is 266 Å². The fourth-order valence-electron chi connectivity index (χ4n) is 12.8. The molecule has 0 amide bonds. The number of fused-ring (bicyclic) bond motifs is 18. The summed E-state index contributed by atoms with van der Waals surface area (Å²) in [6, 6.07) is 95.1. The van der Waals surface area contributed by atoms with E-state index in [1.165, 1.54) is 61.2 Å². The van der Waals surface area contributed by atoms with Crippen LogP contribution in [0.4, 0.5) is 17.1 Å². The van der Waals surface area contributed by atoms with Gasteiger partial charge in [0.1, 0.15) is 23.0 Å². The van der Waals surface area contributed by atoms with Crippen LogP contribution in [0.15, 0.2) is 261 Å². The van der Waals surface area contributed by atoms with Crippen molar-refractivity contribution >= 4 is 17.1 Å². The summed E-state index contributed by atoms with van der Waals surface area (Å²) in [7, 11) is 0. The third-order valence-corrected chi connectivity index (χ3v) is 15.6. The highest BCUT2D eigenvalue weighted by molar-refractivity contribution is 6.00. The second-order valence-electron chi connectivity index (χ2n) is 19.0.